The topological polar surface area (TPSA) is 77.8 Å². The van der Waals surface area contributed by atoms with Crippen LogP contribution < -0.4 is 0 Å². The van der Waals surface area contributed by atoms with E-state index in [-0.39, 0.29) is 6.42 Å². The highest BCUT2D eigenvalue weighted by atomic mass is 16.5. The van der Waals surface area contributed by atoms with Crippen molar-refractivity contribution in [3.63, 3.8) is 0 Å². The minimum atomic E-state index is -2.72. The average Bonchev–Trinajstić information content (AvgIpc) is 2.90. The lowest BCUT2D eigenvalue weighted by molar-refractivity contribution is -0.201. The van der Waals surface area contributed by atoms with Crippen LogP contribution in [0.2, 0.25) is 0 Å². The van der Waals surface area contributed by atoms with E-state index in [0.717, 1.165) is 25.7 Å². The molecule has 1 rings (SSSR count). The van der Waals surface area contributed by atoms with Gasteiger partial charge in [-0.15, -0.1) is 5.73 Å². The van der Waals surface area contributed by atoms with Gasteiger partial charge in [0.05, 0.1) is 0 Å². The van der Waals surface area contributed by atoms with Crippen molar-refractivity contribution in [2.45, 2.75) is 77.4 Å². The summed E-state index contributed by atoms with van der Waals surface area (Å²) in [5.41, 5.74) is 5.68. The fourth-order valence-corrected chi connectivity index (χ4v) is 3.00. The molecule has 4 nitrogen and oxygen atoms in total. The Labute approximate surface area is 151 Å². The summed E-state index contributed by atoms with van der Waals surface area (Å²) in [5, 5.41) is 27.0. The van der Waals surface area contributed by atoms with E-state index < -0.39 is 11.8 Å². The average molecular weight is 348 g/mol. The van der Waals surface area contributed by atoms with Gasteiger partial charge in [-0.2, -0.15) is 0 Å². The molecule has 4 heteroatoms. The summed E-state index contributed by atoms with van der Waals surface area (Å²) in [6.07, 6.45) is 16.6. The van der Waals surface area contributed by atoms with Crippen molar-refractivity contribution in [2.75, 3.05) is 0 Å². The highest BCUT2D eigenvalue weighted by Gasteiger charge is 2.31. The van der Waals surface area contributed by atoms with Crippen molar-refractivity contribution in [3.8, 4) is 0 Å². The maximum absolute atomic E-state index is 10.6. The third-order valence-electron chi connectivity index (χ3n) is 4.68. The van der Waals surface area contributed by atoms with Gasteiger partial charge in [-0.1, -0.05) is 50.8 Å². The van der Waals surface area contributed by atoms with Crippen molar-refractivity contribution in [1.29, 1.82) is 0 Å². The Kier molecular flexibility index (Phi) is 9.51. The third-order valence-corrected chi connectivity index (χ3v) is 4.68. The molecule has 0 aliphatic heterocycles. The van der Waals surface area contributed by atoms with Gasteiger partial charge >= 0.3 is 5.97 Å². The first-order valence-corrected chi connectivity index (χ1v) is 9.34. The van der Waals surface area contributed by atoms with Crippen LogP contribution in [0.3, 0.4) is 0 Å². The Balaban J connectivity index is 2.56. The van der Waals surface area contributed by atoms with Crippen LogP contribution in [0.15, 0.2) is 41.2 Å². The summed E-state index contributed by atoms with van der Waals surface area (Å²) in [5.74, 6) is -3.82. The van der Waals surface area contributed by atoms with Crippen LogP contribution in [0.5, 0.6) is 0 Å². The van der Waals surface area contributed by atoms with Gasteiger partial charge in [-0.3, -0.25) is 0 Å². The molecule has 0 spiro atoms. The summed E-state index contributed by atoms with van der Waals surface area (Å²) in [6.45, 7) is 4.45. The molecule has 1 aliphatic carbocycles. The van der Waals surface area contributed by atoms with Gasteiger partial charge < -0.3 is 15.3 Å². The van der Waals surface area contributed by atoms with Gasteiger partial charge in [0.2, 0.25) is 0 Å². The lowest BCUT2D eigenvalue weighted by atomic mass is 9.99. The van der Waals surface area contributed by atoms with E-state index in [0.29, 0.717) is 5.92 Å². The van der Waals surface area contributed by atoms with Crippen LogP contribution in [0, 0.1) is 5.92 Å². The Morgan fingerprint density at radius 3 is 2.72 bits per heavy atom. The second-order valence-corrected chi connectivity index (χ2v) is 6.85. The van der Waals surface area contributed by atoms with Crippen LogP contribution in [0.25, 0.3) is 0 Å². The van der Waals surface area contributed by atoms with Crippen LogP contribution in [-0.4, -0.2) is 27.1 Å². The molecule has 0 aromatic carbocycles. The molecule has 0 bridgehead atoms. The molecular formula is C21H32O4. The number of carbonyl (C=O) groups is 1. The fourth-order valence-electron chi connectivity index (χ4n) is 3.00. The number of hydrogen-bond acceptors (Lipinski definition) is 3. The smallest absolute Gasteiger partial charge is 0.364 e. The molecule has 0 heterocycles. The number of carboxylic acids is 1. The standard InChI is InChI=1S/C21H32O4/c1-3-4-5-6-7-9-12-18-15-14-17(2)19(18)13-10-8-11-16-21(24,25)20(22)23/h9-12,17,24-25H,3-7,13-16H2,1-2H3,(H,22,23)/b12-9+/t8?,17-/m0/s1. The Morgan fingerprint density at radius 2 is 2.04 bits per heavy atom. The molecule has 25 heavy (non-hydrogen) atoms. The van der Waals surface area contributed by atoms with Gasteiger partial charge in [-0.25, -0.2) is 4.79 Å². The number of allylic oxidation sites excluding steroid dienone is 4. The highest BCUT2D eigenvalue weighted by molar-refractivity contribution is 5.75. The molecule has 0 fully saturated rings. The van der Waals surface area contributed by atoms with E-state index in [9.17, 15) is 15.0 Å². The molecule has 0 unspecified atom stereocenters. The molecule has 0 saturated heterocycles. The molecule has 0 saturated carbocycles. The van der Waals surface area contributed by atoms with Gasteiger partial charge in [0.1, 0.15) is 0 Å². The Morgan fingerprint density at radius 1 is 1.28 bits per heavy atom. The molecule has 140 valence electrons. The number of aliphatic carboxylic acids is 1. The molecule has 0 amide bonds. The molecule has 0 radical (unpaired) electrons. The predicted molar refractivity (Wildman–Crippen MR) is 100 cm³/mol. The summed E-state index contributed by atoms with van der Waals surface area (Å²) in [6, 6.07) is 0. The van der Waals surface area contributed by atoms with Crippen molar-refractivity contribution >= 4 is 5.97 Å². The van der Waals surface area contributed by atoms with Crippen molar-refractivity contribution in [2.24, 2.45) is 5.92 Å². The summed E-state index contributed by atoms with van der Waals surface area (Å²) >= 11 is 0. The van der Waals surface area contributed by atoms with Crippen molar-refractivity contribution < 1.29 is 20.1 Å². The lowest BCUT2D eigenvalue weighted by Crippen LogP contribution is -2.37. The molecular weight excluding hydrogens is 316 g/mol. The summed E-state index contributed by atoms with van der Waals surface area (Å²) in [7, 11) is 0. The third kappa shape index (κ3) is 7.87. The molecule has 3 N–H and O–H groups in total. The van der Waals surface area contributed by atoms with E-state index in [4.69, 9.17) is 5.11 Å². The fraction of sp³-hybridized carbons (Fsp3) is 0.619. The van der Waals surface area contributed by atoms with E-state index in [1.54, 1.807) is 0 Å². The number of carboxylic acid groups (broad SMARTS) is 1. The minimum Gasteiger partial charge on any atom is -0.477 e. The molecule has 1 atom stereocenters. The van der Waals surface area contributed by atoms with E-state index >= 15 is 0 Å². The van der Waals surface area contributed by atoms with Crippen molar-refractivity contribution in [1.82, 2.24) is 0 Å². The van der Waals surface area contributed by atoms with Crippen LogP contribution >= 0.6 is 0 Å². The minimum absolute atomic E-state index is 0.377. The Hall–Kier alpha value is -1.61. The van der Waals surface area contributed by atoms with Gasteiger partial charge in [0, 0.05) is 6.42 Å². The van der Waals surface area contributed by atoms with Gasteiger partial charge in [0.15, 0.2) is 0 Å². The lowest BCUT2D eigenvalue weighted by Gasteiger charge is -2.12. The number of hydrogen-bond donors (Lipinski definition) is 3. The zero-order valence-corrected chi connectivity index (χ0v) is 15.5. The normalized spacial score (nSPS) is 17.8. The zero-order valence-electron chi connectivity index (χ0n) is 15.5. The molecule has 1 aliphatic rings. The van der Waals surface area contributed by atoms with E-state index in [1.807, 2.05) is 6.08 Å². The van der Waals surface area contributed by atoms with Gasteiger partial charge in [-0.05, 0) is 55.7 Å². The van der Waals surface area contributed by atoms with Crippen LogP contribution in [-0.2, 0) is 4.79 Å². The largest absolute Gasteiger partial charge is 0.477 e. The highest BCUT2D eigenvalue weighted by Crippen LogP contribution is 2.34. The Bertz CT molecular complexity index is 548. The second kappa shape index (κ2) is 11.1. The first-order valence-electron chi connectivity index (χ1n) is 9.34. The molecule has 0 aromatic heterocycles. The van der Waals surface area contributed by atoms with E-state index in [2.05, 4.69) is 31.7 Å². The summed E-state index contributed by atoms with van der Waals surface area (Å²) < 4.78 is 0. The quantitative estimate of drug-likeness (QED) is 0.292. The van der Waals surface area contributed by atoms with Crippen molar-refractivity contribution in [3.05, 3.63) is 41.2 Å². The number of rotatable bonds is 11. The monoisotopic (exact) mass is 348 g/mol. The SMILES string of the molecule is CCCCCC/C=C/C1=C(CC=C=CCC(O)(O)C(=O)O)[C@@H](C)CC1. The number of unbranched alkanes of at least 4 members (excludes halogenated alkanes) is 4. The maximum Gasteiger partial charge on any atom is 0.364 e. The second-order valence-electron chi connectivity index (χ2n) is 6.85. The summed E-state index contributed by atoms with van der Waals surface area (Å²) in [4.78, 5) is 10.6. The zero-order chi connectivity index (χ0) is 18.7. The number of aliphatic hydroxyl groups is 2. The van der Waals surface area contributed by atoms with Gasteiger partial charge in [0.25, 0.3) is 5.79 Å². The molecule has 0 aromatic rings. The van der Waals surface area contributed by atoms with E-state index in [1.165, 1.54) is 42.9 Å². The first kappa shape index (κ1) is 21.4. The van der Waals surface area contributed by atoms with Crippen LogP contribution in [0.1, 0.15) is 71.6 Å². The van der Waals surface area contributed by atoms with Crippen LogP contribution in [0.4, 0.5) is 0 Å². The maximum atomic E-state index is 10.6. The first-order chi connectivity index (χ1) is 11.9. The predicted octanol–water partition coefficient (Wildman–Crippen LogP) is 4.50.